The molecule has 4 nitrogen and oxygen atoms in total. The summed E-state index contributed by atoms with van der Waals surface area (Å²) in [5, 5.41) is 3.02. The molecule has 0 aromatic rings. The van der Waals surface area contributed by atoms with Gasteiger partial charge < -0.3 is 10.2 Å². The molecule has 5 heteroatoms. The third-order valence-corrected chi connectivity index (χ3v) is 3.52. The van der Waals surface area contributed by atoms with Gasteiger partial charge in [0.1, 0.15) is 0 Å². The summed E-state index contributed by atoms with van der Waals surface area (Å²) in [7, 11) is -0.743. The first-order chi connectivity index (χ1) is 7.15. The van der Waals surface area contributed by atoms with Crippen LogP contribution in [0.25, 0.3) is 0 Å². The third kappa shape index (κ3) is 6.62. The average molecular weight is 234 g/mol. The van der Waals surface area contributed by atoms with E-state index in [9.17, 15) is 9.00 Å². The van der Waals surface area contributed by atoms with E-state index < -0.39 is 10.8 Å². The van der Waals surface area contributed by atoms with E-state index in [1.165, 1.54) is 0 Å². The van der Waals surface area contributed by atoms with Gasteiger partial charge >= 0.3 is 0 Å². The fourth-order valence-electron chi connectivity index (χ4n) is 1.21. The highest BCUT2D eigenvalue weighted by Crippen LogP contribution is 1.87. The van der Waals surface area contributed by atoms with Crippen molar-refractivity contribution in [3.05, 3.63) is 0 Å². The van der Waals surface area contributed by atoms with Gasteiger partial charge in [0.2, 0.25) is 5.91 Å². The molecule has 0 aliphatic heterocycles. The van der Waals surface area contributed by atoms with E-state index >= 15 is 0 Å². The Morgan fingerprint density at radius 2 is 1.87 bits per heavy atom. The van der Waals surface area contributed by atoms with E-state index in [1.807, 2.05) is 20.8 Å². The van der Waals surface area contributed by atoms with Crippen LogP contribution in [0.2, 0.25) is 0 Å². The molecule has 0 heterocycles. The molecule has 0 aliphatic carbocycles. The van der Waals surface area contributed by atoms with E-state index in [0.29, 0.717) is 24.6 Å². The summed E-state index contributed by atoms with van der Waals surface area (Å²) in [4.78, 5) is 13.3. The maximum Gasteiger partial charge on any atom is 0.236 e. The number of nitrogens with zero attached hydrogens (tertiary/aromatic N) is 1. The highest BCUT2D eigenvalue weighted by molar-refractivity contribution is 7.84. The minimum Gasteiger partial charge on any atom is -0.342 e. The van der Waals surface area contributed by atoms with Gasteiger partial charge in [0.15, 0.2) is 0 Å². The van der Waals surface area contributed by atoms with Crippen molar-refractivity contribution in [3.63, 3.8) is 0 Å². The van der Waals surface area contributed by atoms with Crippen molar-refractivity contribution in [2.45, 2.75) is 20.8 Å². The molecule has 0 aromatic heterocycles. The van der Waals surface area contributed by atoms with Crippen molar-refractivity contribution >= 4 is 16.7 Å². The van der Waals surface area contributed by atoms with Crippen LogP contribution in [-0.2, 0) is 15.6 Å². The molecule has 0 bridgehead atoms. The molecule has 15 heavy (non-hydrogen) atoms. The minimum atomic E-state index is -0.743. The van der Waals surface area contributed by atoms with Gasteiger partial charge in [-0.2, -0.15) is 0 Å². The van der Waals surface area contributed by atoms with Crippen LogP contribution in [-0.4, -0.2) is 52.7 Å². The summed E-state index contributed by atoms with van der Waals surface area (Å²) in [5.74, 6) is 1.43. The summed E-state index contributed by atoms with van der Waals surface area (Å²) in [5.41, 5.74) is 0. The number of nitrogens with one attached hydrogen (secondary N) is 1. The Labute approximate surface area is 94.9 Å². The van der Waals surface area contributed by atoms with E-state index in [0.717, 1.165) is 13.1 Å². The third-order valence-electron chi connectivity index (χ3n) is 2.22. The maximum atomic E-state index is 11.5. The molecule has 0 radical (unpaired) electrons. The highest BCUT2D eigenvalue weighted by atomic mass is 32.2. The normalized spacial score (nSPS) is 12.5. The minimum absolute atomic E-state index is 0.113. The predicted molar refractivity (Wildman–Crippen MR) is 64.3 cm³/mol. The average Bonchev–Trinajstić information content (AvgIpc) is 2.25. The van der Waals surface area contributed by atoms with E-state index in [2.05, 4.69) is 5.32 Å². The first-order valence-corrected chi connectivity index (χ1v) is 6.97. The van der Waals surface area contributed by atoms with Crippen LogP contribution in [0.3, 0.4) is 0 Å². The van der Waals surface area contributed by atoms with Crippen molar-refractivity contribution in [3.8, 4) is 0 Å². The van der Waals surface area contributed by atoms with Gasteiger partial charge in [-0.25, -0.2) is 0 Å². The maximum absolute atomic E-state index is 11.5. The number of carbonyl (C=O) groups excluding carboxylic acids is 1. The largest absolute Gasteiger partial charge is 0.342 e. The Hall–Kier alpha value is -0.420. The smallest absolute Gasteiger partial charge is 0.236 e. The molecule has 1 amide bonds. The lowest BCUT2D eigenvalue weighted by Crippen LogP contribution is -2.38. The summed E-state index contributed by atoms with van der Waals surface area (Å²) in [6.45, 7) is 8.32. The van der Waals surface area contributed by atoms with Crippen molar-refractivity contribution in [1.82, 2.24) is 10.2 Å². The highest BCUT2D eigenvalue weighted by Gasteiger charge is 2.07. The molecule has 0 rings (SSSR count). The lowest BCUT2D eigenvalue weighted by Gasteiger charge is -2.18. The first kappa shape index (κ1) is 14.6. The van der Waals surface area contributed by atoms with Crippen molar-refractivity contribution in [2.75, 3.05) is 37.7 Å². The summed E-state index contributed by atoms with van der Waals surface area (Å²) in [6.07, 6.45) is 0. The summed E-state index contributed by atoms with van der Waals surface area (Å²) >= 11 is 0. The molecule has 0 spiro atoms. The van der Waals surface area contributed by atoms with E-state index in [4.69, 9.17) is 0 Å². The van der Waals surface area contributed by atoms with Crippen LogP contribution in [0.15, 0.2) is 0 Å². The fraction of sp³-hybridized carbons (Fsp3) is 0.900. The molecule has 0 aromatic carbocycles. The molecule has 1 atom stereocenters. The van der Waals surface area contributed by atoms with Crippen LogP contribution < -0.4 is 5.32 Å². The Kier molecular flexibility index (Phi) is 8.61. The molecule has 0 saturated heterocycles. The Bertz CT molecular complexity index is 206. The standard InChI is InChI=1S/C10H22N2O2S/c1-4-12(5-2)10(13)9-11-7-8-15(14)6-3/h11H,4-9H2,1-3H3. The number of hydrogen-bond donors (Lipinski definition) is 1. The quantitative estimate of drug-likeness (QED) is 0.611. The van der Waals surface area contributed by atoms with Crippen LogP contribution in [0.1, 0.15) is 20.8 Å². The Balaban J connectivity index is 3.58. The Morgan fingerprint density at radius 1 is 1.27 bits per heavy atom. The molecular formula is C10H22N2O2S. The molecule has 90 valence electrons. The SMILES string of the molecule is CCN(CC)C(=O)CNCCS(=O)CC. The zero-order valence-corrected chi connectivity index (χ0v) is 10.7. The lowest BCUT2D eigenvalue weighted by molar-refractivity contribution is -0.129. The fourth-order valence-corrected chi connectivity index (χ4v) is 1.87. The molecule has 0 saturated carbocycles. The van der Waals surface area contributed by atoms with Crippen LogP contribution in [0, 0.1) is 0 Å². The topological polar surface area (TPSA) is 49.4 Å². The number of amides is 1. The second-order valence-corrected chi connectivity index (χ2v) is 5.04. The van der Waals surface area contributed by atoms with Crippen molar-refractivity contribution in [2.24, 2.45) is 0 Å². The Morgan fingerprint density at radius 3 is 2.33 bits per heavy atom. The van der Waals surface area contributed by atoms with Gasteiger partial charge in [-0.15, -0.1) is 0 Å². The molecule has 1 unspecified atom stereocenters. The number of rotatable bonds is 8. The lowest BCUT2D eigenvalue weighted by atomic mass is 10.4. The van der Waals surface area contributed by atoms with E-state index in [-0.39, 0.29) is 5.91 Å². The predicted octanol–water partition coefficient (Wildman–Crippen LogP) is 0.213. The summed E-state index contributed by atoms with van der Waals surface area (Å²) < 4.78 is 11.1. The van der Waals surface area contributed by atoms with Gasteiger partial charge in [0, 0.05) is 41.9 Å². The number of hydrogen-bond acceptors (Lipinski definition) is 3. The van der Waals surface area contributed by atoms with Crippen LogP contribution in [0.5, 0.6) is 0 Å². The van der Waals surface area contributed by atoms with Crippen molar-refractivity contribution < 1.29 is 9.00 Å². The van der Waals surface area contributed by atoms with Gasteiger partial charge in [-0.1, -0.05) is 6.92 Å². The van der Waals surface area contributed by atoms with Gasteiger partial charge in [-0.05, 0) is 13.8 Å². The van der Waals surface area contributed by atoms with Gasteiger partial charge in [0.05, 0.1) is 6.54 Å². The van der Waals surface area contributed by atoms with Crippen molar-refractivity contribution in [1.29, 1.82) is 0 Å². The summed E-state index contributed by atoms with van der Waals surface area (Å²) in [6, 6.07) is 0. The number of carbonyl (C=O) groups is 1. The number of likely N-dealkylation sites (N-methyl/N-ethyl adjacent to an activating group) is 1. The second-order valence-electron chi connectivity index (χ2n) is 3.18. The zero-order chi connectivity index (χ0) is 11.7. The molecule has 1 N–H and O–H groups in total. The molecule has 0 fully saturated rings. The molecule has 0 aliphatic rings. The molecular weight excluding hydrogens is 212 g/mol. The van der Waals surface area contributed by atoms with Gasteiger partial charge in [0.25, 0.3) is 0 Å². The van der Waals surface area contributed by atoms with Crippen LogP contribution in [0.4, 0.5) is 0 Å². The monoisotopic (exact) mass is 234 g/mol. The van der Waals surface area contributed by atoms with Crippen LogP contribution >= 0.6 is 0 Å². The zero-order valence-electron chi connectivity index (χ0n) is 9.91. The second kappa shape index (κ2) is 8.85. The van der Waals surface area contributed by atoms with Gasteiger partial charge in [-0.3, -0.25) is 9.00 Å². The van der Waals surface area contributed by atoms with E-state index in [1.54, 1.807) is 4.90 Å². The first-order valence-electron chi connectivity index (χ1n) is 5.49.